The van der Waals surface area contributed by atoms with Crippen molar-refractivity contribution in [3.05, 3.63) is 36.7 Å². The lowest BCUT2D eigenvalue weighted by molar-refractivity contribution is 0.477. The summed E-state index contributed by atoms with van der Waals surface area (Å²) in [5.74, 6) is 0. The predicted molar refractivity (Wildman–Crippen MR) is 66.5 cm³/mol. The summed E-state index contributed by atoms with van der Waals surface area (Å²) in [6.07, 6.45) is 6.36. The third-order valence-corrected chi connectivity index (χ3v) is 3.14. The molecular formula is C13H16N4. The van der Waals surface area contributed by atoms with E-state index in [9.17, 15) is 0 Å². The zero-order chi connectivity index (χ0) is 11.5. The van der Waals surface area contributed by atoms with Crippen molar-refractivity contribution in [3.63, 3.8) is 0 Å². The number of hydrogen-bond acceptors (Lipinski definition) is 3. The van der Waals surface area contributed by atoms with E-state index < -0.39 is 0 Å². The van der Waals surface area contributed by atoms with Gasteiger partial charge in [0.1, 0.15) is 5.69 Å². The summed E-state index contributed by atoms with van der Waals surface area (Å²) < 4.78 is 2.01. The third-order valence-electron chi connectivity index (χ3n) is 3.14. The maximum atomic E-state index is 4.56. The Labute approximate surface area is 101 Å². The van der Waals surface area contributed by atoms with Crippen molar-refractivity contribution < 1.29 is 0 Å². The molecule has 0 saturated carbocycles. The molecular weight excluding hydrogens is 212 g/mol. The van der Waals surface area contributed by atoms with Gasteiger partial charge in [0.2, 0.25) is 0 Å². The first kappa shape index (κ1) is 10.5. The molecule has 0 aliphatic carbocycles. The number of nitrogens with one attached hydrogen (secondary N) is 1. The number of hydrogen-bond donors (Lipinski definition) is 1. The smallest absolute Gasteiger partial charge is 0.111 e. The summed E-state index contributed by atoms with van der Waals surface area (Å²) in [6, 6.07) is 8.49. The van der Waals surface area contributed by atoms with E-state index in [0.29, 0.717) is 6.04 Å². The van der Waals surface area contributed by atoms with Crippen LogP contribution in [0.4, 0.5) is 0 Å². The lowest BCUT2D eigenvalue weighted by atomic mass is 10.2. The topological polar surface area (TPSA) is 42.7 Å². The van der Waals surface area contributed by atoms with Crippen LogP contribution in [-0.2, 0) is 6.54 Å². The zero-order valence-corrected chi connectivity index (χ0v) is 9.71. The van der Waals surface area contributed by atoms with Crippen LogP contribution in [0.3, 0.4) is 0 Å². The second-order valence-corrected chi connectivity index (χ2v) is 4.43. The van der Waals surface area contributed by atoms with E-state index in [1.807, 2.05) is 35.1 Å². The summed E-state index contributed by atoms with van der Waals surface area (Å²) >= 11 is 0. The van der Waals surface area contributed by atoms with Gasteiger partial charge in [0.25, 0.3) is 0 Å². The average Bonchev–Trinajstić information content (AvgIpc) is 3.02. The molecule has 1 saturated heterocycles. The summed E-state index contributed by atoms with van der Waals surface area (Å²) in [5, 5.41) is 8.04. The van der Waals surface area contributed by atoms with Gasteiger partial charge >= 0.3 is 0 Å². The molecule has 0 unspecified atom stereocenters. The van der Waals surface area contributed by atoms with Gasteiger partial charge in [0, 0.05) is 18.4 Å². The van der Waals surface area contributed by atoms with Crippen molar-refractivity contribution in [1.82, 2.24) is 20.1 Å². The Morgan fingerprint density at radius 1 is 1.29 bits per heavy atom. The standard InChI is InChI=1S/C13H16N4/c1-2-7-15-12(5-1)13-6-9-17(16-13)10-11-4-3-8-14-11/h1-2,5-7,9,11,14H,3-4,8,10H2/t11-/m1/s1. The van der Waals surface area contributed by atoms with Crippen LogP contribution in [0.2, 0.25) is 0 Å². The highest BCUT2D eigenvalue weighted by molar-refractivity contribution is 5.52. The van der Waals surface area contributed by atoms with Crippen LogP contribution in [0.1, 0.15) is 12.8 Å². The quantitative estimate of drug-likeness (QED) is 0.869. The van der Waals surface area contributed by atoms with Crippen LogP contribution in [0.15, 0.2) is 36.7 Å². The molecule has 0 amide bonds. The van der Waals surface area contributed by atoms with Crippen LogP contribution < -0.4 is 5.32 Å². The number of aromatic nitrogens is 3. The molecule has 0 aromatic carbocycles. The van der Waals surface area contributed by atoms with E-state index in [0.717, 1.165) is 24.5 Å². The molecule has 4 nitrogen and oxygen atoms in total. The van der Waals surface area contributed by atoms with Gasteiger partial charge in [0.05, 0.1) is 12.2 Å². The molecule has 17 heavy (non-hydrogen) atoms. The molecule has 3 heterocycles. The van der Waals surface area contributed by atoms with Crippen molar-refractivity contribution >= 4 is 0 Å². The summed E-state index contributed by atoms with van der Waals surface area (Å²) in [7, 11) is 0. The Bertz CT molecular complexity index is 471. The Kier molecular flexibility index (Phi) is 2.88. The van der Waals surface area contributed by atoms with Crippen LogP contribution >= 0.6 is 0 Å². The Hall–Kier alpha value is -1.68. The fourth-order valence-corrected chi connectivity index (χ4v) is 2.25. The van der Waals surface area contributed by atoms with E-state index in [4.69, 9.17) is 0 Å². The van der Waals surface area contributed by atoms with Crippen molar-refractivity contribution in [2.24, 2.45) is 0 Å². The maximum absolute atomic E-state index is 4.56. The number of rotatable bonds is 3. The lowest BCUT2D eigenvalue weighted by Gasteiger charge is -2.09. The lowest BCUT2D eigenvalue weighted by Crippen LogP contribution is -2.26. The zero-order valence-electron chi connectivity index (χ0n) is 9.71. The first-order valence-corrected chi connectivity index (χ1v) is 6.10. The predicted octanol–water partition coefficient (Wildman–Crippen LogP) is 1.70. The highest BCUT2D eigenvalue weighted by Crippen LogP contribution is 2.14. The molecule has 1 aliphatic rings. The molecule has 88 valence electrons. The normalized spacial score (nSPS) is 19.6. The minimum atomic E-state index is 0.575. The van der Waals surface area contributed by atoms with Crippen LogP contribution in [0.25, 0.3) is 11.4 Å². The largest absolute Gasteiger partial charge is 0.312 e. The van der Waals surface area contributed by atoms with Crippen LogP contribution in [-0.4, -0.2) is 27.4 Å². The first-order chi connectivity index (χ1) is 8.42. The molecule has 0 radical (unpaired) electrons. The fraction of sp³-hybridized carbons (Fsp3) is 0.385. The highest BCUT2D eigenvalue weighted by Gasteiger charge is 2.14. The third kappa shape index (κ3) is 2.36. The highest BCUT2D eigenvalue weighted by atomic mass is 15.3. The molecule has 1 N–H and O–H groups in total. The van der Waals surface area contributed by atoms with E-state index in [-0.39, 0.29) is 0 Å². The molecule has 2 aromatic rings. The molecule has 0 spiro atoms. The van der Waals surface area contributed by atoms with Crippen molar-refractivity contribution in [2.45, 2.75) is 25.4 Å². The van der Waals surface area contributed by atoms with Gasteiger partial charge in [-0.05, 0) is 37.6 Å². The second kappa shape index (κ2) is 4.67. The Balaban J connectivity index is 1.74. The molecule has 3 rings (SSSR count). The molecule has 2 aromatic heterocycles. The van der Waals surface area contributed by atoms with Crippen molar-refractivity contribution in [1.29, 1.82) is 0 Å². The van der Waals surface area contributed by atoms with Gasteiger partial charge in [-0.25, -0.2) is 0 Å². The van der Waals surface area contributed by atoms with Crippen LogP contribution in [0, 0.1) is 0 Å². The summed E-state index contributed by atoms with van der Waals surface area (Å²) in [4.78, 5) is 4.30. The van der Waals surface area contributed by atoms with Gasteiger partial charge in [-0.3, -0.25) is 9.67 Å². The minimum Gasteiger partial charge on any atom is -0.312 e. The van der Waals surface area contributed by atoms with Gasteiger partial charge in [-0.1, -0.05) is 6.07 Å². The second-order valence-electron chi connectivity index (χ2n) is 4.43. The average molecular weight is 228 g/mol. The van der Waals surface area contributed by atoms with E-state index in [1.54, 1.807) is 6.20 Å². The van der Waals surface area contributed by atoms with Gasteiger partial charge in [-0.2, -0.15) is 5.10 Å². The molecule has 1 fully saturated rings. The van der Waals surface area contributed by atoms with Gasteiger partial charge < -0.3 is 5.32 Å². The number of pyridine rings is 1. The molecule has 0 bridgehead atoms. The van der Waals surface area contributed by atoms with E-state index >= 15 is 0 Å². The van der Waals surface area contributed by atoms with Gasteiger partial charge in [-0.15, -0.1) is 0 Å². The molecule has 1 atom stereocenters. The molecule has 1 aliphatic heterocycles. The van der Waals surface area contributed by atoms with Crippen molar-refractivity contribution in [3.8, 4) is 11.4 Å². The van der Waals surface area contributed by atoms with Crippen LogP contribution in [0.5, 0.6) is 0 Å². The summed E-state index contributed by atoms with van der Waals surface area (Å²) in [6.45, 7) is 2.09. The Morgan fingerprint density at radius 2 is 2.29 bits per heavy atom. The van der Waals surface area contributed by atoms with Gasteiger partial charge in [0.15, 0.2) is 0 Å². The Morgan fingerprint density at radius 3 is 3.06 bits per heavy atom. The number of nitrogens with zero attached hydrogens (tertiary/aromatic N) is 3. The first-order valence-electron chi connectivity index (χ1n) is 6.10. The maximum Gasteiger partial charge on any atom is 0.111 e. The summed E-state index contributed by atoms with van der Waals surface area (Å²) in [5.41, 5.74) is 1.88. The monoisotopic (exact) mass is 228 g/mol. The van der Waals surface area contributed by atoms with E-state index in [2.05, 4.69) is 15.4 Å². The van der Waals surface area contributed by atoms with E-state index in [1.165, 1.54) is 12.8 Å². The fourth-order valence-electron chi connectivity index (χ4n) is 2.25. The minimum absolute atomic E-state index is 0.575. The van der Waals surface area contributed by atoms with Crippen molar-refractivity contribution in [2.75, 3.05) is 6.54 Å². The SMILES string of the molecule is c1ccc(-c2ccn(C[C@H]3CCCN3)n2)nc1. The molecule has 4 heteroatoms.